The first kappa shape index (κ1) is 19.3. The molecule has 0 heterocycles. The molecule has 0 unspecified atom stereocenters. The number of carbonyl (C=O) groups is 1. The molecule has 4 nitrogen and oxygen atoms in total. The van der Waals surface area contributed by atoms with Crippen LogP contribution in [0.4, 0.5) is 5.69 Å². The van der Waals surface area contributed by atoms with Crippen molar-refractivity contribution in [1.29, 1.82) is 0 Å². The standard InChI is InChI=1S/C20H26ClN3O/c1-4-24(16-10-6-5-7-11-16)15-20(25)22-14-19(23(2)3)17-12-8-9-13-18(17)21/h5-13,19H,4,14-15H2,1-3H3,(H,22,25)/t19-/m1/s1. The molecule has 1 atom stereocenters. The summed E-state index contributed by atoms with van der Waals surface area (Å²) in [5, 5.41) is 3.76. The number of likely N-dealkylation sites (N-methyl/N-ethyl adjacent to an activating group) is 2. The zero-order valence-electron chi connectivity index (χ0n) is 15.1. The smallest absolute Gasteiger partial charge is 0.239 e. The van der Waals surface area contributed by atoms with E-state index in [1.807, 2.05) is 75.6 Å². The molecule has 0 saturated heterocycles. The van der Waals surface area contributed by atoms with Gasteiger partial charge in [0, 0.05) is 23.8 Å². The third-order valence-electron chi connectivity index (χ3n) is 4.22. The summed E-state index contributed by atoms with van der Waals surface area (Å²) >= 11 is 6.32. The van der Waals surface area contributed by atoms with E-state index in [0.717, 1.165) is 22.8 Å². The molecule has 0 bridgehead atoms. The van der Waals surface area contributed by atoms with Crippen LogP contribution in [-0.2, 0) is 4.79 Å². The zero-order valence-corrected chi connectivity index (χ0v) is 15.8. The van der Waals surface area contributed by atoms with Crippen LogP contribution >= 0.6 is 11.6 Å². The third kappa shape index (κ3) is 5.48. The fourth-order valence-corrected chi connectivity index (χ4v) is 3.04. The average molecular weight is 360 g/mol. The highest BCUT2D eigenvalue weighted by Crippen LogP contribution is 2.25. The van der Waals surface area contributed by atoms with Gasteiger partial charge < -0.3 is 15.1 Å². The third-order valence-corrected chi connectivity index (χ3v) is 4.56. The van der Waals surface area contributed by atoms with Crippen LogP contribution in [0.25, 0.3) is 0 Å². The van der Waals surface area contributed by atoms with Gasteiger partial charge in [0.15, 0.2) is 0 Å². The van der Waals surface area contributed by atoms with E-state index in [2.05, 4.69) is 15.1 Å². The van der Waals surface area contributed by atoms with Crippen molar-refractivity contribution in [3.8, 4) is 0 Å². The number of rotatable bonds is 8. The average Bonchev–Trinajstić information content (AvgIpc) is 2.61. The number of benzene rings is 2. The lowest BCUT2D eigenvalue weighted by Gasteiger charge is -2.27. The lowest BCUT2D eigenvalue weighted by atomic mass is 10.1. The highest BCUT2D eigenvalue weighted by Gasteiger charge is 2.18. The fourth-order valence-electron chi connectivity index (χ4n) is 2.78. The summed E-state index contributed by atoms with van der Waals surface area (Å²) in [4.78, 5) is 16.5. The monoisotopic (exact) mass is 359 g/mol. The molecule has 2 aromatic carbocycles. The van der Waals surface area contributed by atoms with E-state index < -0.39 is 0 Å². The molecular weight excluding hydrogens is 334 g/mol. The Morgan fingerprint density at radius 2 is 1.72 bits per heavy atom. The molecule has 0 fully saturated rings. The molecule has 0 spiro atoms. The summed E-state index contributed by atoms with van der Waals surface area (Å²) in [6, 6.07) is 17.8. The molecule has 0 aliphatic carbocycles. The molecule has 2 rings (SSSR count). The number of hydrogen-bond donors (Lipinski definition) is 1. The molecule has 0 saturated carbocycles. The molecule has 5 heteroatoms. The molecule has 0 aromatic heterocycles. The first-order valence-electron chi connectivity index (χ1n) is 8.50. The number of nitrogens with zero attached hydrogens (tertiary/aromatic N) is 2. The van der Waals surface area contributed by atoms with E-state index >= 15 is 0 Å². The van der Waals surface area contributed by atoms with Crippen molar-refractivity contribution >= 4 is 23.2 Å². The number of carbonyl (C=O) groups excluding carboxylic acids is 1. The molecular formula is C20H26ClN3O. The zero-order chi connectivity index (χ0) is 18.2. The van der Waals surface area contributed by atoms with Gasteiger partial charge >= 0.3 is 0 Å². The highest BCUT2D eigenvalue weighted by atomic mass is 35.5. The minimum atomic E-state index is 0.00427. The Bertz CT molecular complexity index is 676. The van der Waals surface area contributed by atoms with Crippen molar-refractivity contribution in [2.24, 2.45) is 0 Å². The van der Waals surface area contributed by atoms with Crippen molar-refractivity contribution in [2.45, 2.75) is 13.0 Å². The van der Waals surface area contributed by atoms with Gasteiger partial charge in [-0.15, -0.1) is 0 Å². The summed E-state index contributed by atoms with van der Waals surface area (Å²) in [6.45, 7) is 3.68. The summed E-state index contributed by atoms with van der Waals surface area (Å²) in [5.74, 6) is 0.00427. The summed E-state index contributed by atoms with van der Waals surface area (Å²) in [6.07, 6.45) is 0. The molecule has 0 aliphatic heterocycles. The number of amides is 1. The van der Waals surface area contributed by atoms with Crippen LogP contribution in [0.1, 0.15) is 18.5 Å². The SMILES string of the molecule is CCN(CC(=O)NC[C@H](c1ccccc1Cl)N(C)C)c1ccccc1. The maximum Gasteiger partial charge on any atom is 0.239 e. The molecule has 0 aliphatic rings. The Labute approximate surface area is 155 Å². The van der Waals surface area contributed by atoms with E-state index in [9.17, 15) is 4.79 Å². The predicted molar refractivity (Wildman–Crippen MR) is 105 cm³/mol. The number of nitrogens with one attached hydrogen (secondary N) is 1. The van der Waals surface area contributed by atoms with Crippen molar-refractivity contribution in [2.75, 3.05) is 38.6 Å². The maximum absolute atomic E-state index is 12.4. The van der Waals surface area contributed by atoms with Gasteiger partial charge in [0.1, 0.15) is 0 Å². The number of para-hydroxylation sites is 1. The molecule has 134 valence electrons. The van der Waals surface area contributed by atoms with Gasteiger partial charge in [-0.05, 0) is 44.8 Å². The van der Waals surface area contributed by atoms with Gasteiger partial charge in [-0.1, -0.05) is 48.0 Å². The summed E-state index contributed by atoms with van der Waals surface area (Å²) in [7, 11) is 3.98. The van der Waals surface area contributed by atoms with E-state index in [1.54, 1.807) is 0 Å². The molecule has 1 N–H and O–H groups in total. The van der Waals surface area contributed by atoms with Crippen molar-refractivity contribution in [3.63, 3.8) is 0 Å². The van der Waals surface area contributed by atoms with E-state index in [1.165, 1.54) is 0 Å². The largest absolute Gasteiger partial charge is 0.363 e. The van der Waals surface area contributed by atoms with Gasteiger partial charge in [-0.25, -0.2) is 0 Å². The van der Waals surface area contributed by atoms with Crippen LogP contribution < -0.4 is 10.2 Å². The van der Waals surface area contributed by atoms with E-state index in [0.29, 0.717) is 13.1 Å². The van der Waals surface area contributed by atoms with Gasteiger partial charge in [-0.3, -0.25) is 4.79 Å². The van der Waals surface area contributed by atoms with Gasteiger partial charge in [0.25, 0.3) is 0 Å². The molecule has 2 aromatic rings. The first-order chi connectivity index (χ1) is 12.0. The lowest BCUT2D eigenvalue weighted by molar-refractivity contribution is -0.120. The molecule has 1 amide bonds. The predicted octanol–water partition coefficient (Wildman–Crippen LogP) is 3.59. The van der Waals surface area contributed by atoms with Gasteiger partial charge in [-0.2, -0.15) is 0 Å². The van der Waals surface area contributed by atoms with Crippen molar-refractivity contribution in [1.82, 2.24) is 10.2 Å². The van der Waals surface area contributed by atoms with E-state index in [-0.39, 0.29) is 11.9 Å². The van der Waals surface area contributed by atoms with Crippen LogP contribution in [0.5, 0.6) is 0 Å². The fraction of sp³-hybridized carbons (Fsp3) is 0.350. The van der Waals surface area contributed by atoms with Crippen LogP contribution in [0.3, 0.4) is 0 Å². The summed E-state index contributed by atoms with van der Waals surface area (Å²) in [5.41, 5.74) is 2.07. The van der Waals surface area contributed by atoms with Gasteiger partial charge in [0.05, 0.1) is 12.6 Å². The minimum Gasteiger partial charge on any atom is -0.363 e. The molecule has 25 heavy (non-hydrogen) atoms. The Hall–Kier alpha value is -2.04. The number of hydrogen-bond acceptors (Lipinski definition) is 3. The normalized spacial score (nSPS) is 12.0. The van der Waals surface area contributed by atoms with Crippen molar-refractivity contribution in [3.05, 3.63) is 65.2 Å². The first-order valence-corrected chi connectivity index (χ1v) is 8.88. The second-order valence-electron chi connectivity index (χ2n) is 6.15. The number of anilines is 1. The Morgan fingerprint density at radius 1 is 1.08 bits per heavy atom. The summed E-state index contributed by atoms with van der Waals surface area (Å²) < 4.78 is 0. The van der Waals surface area contributed by atoms with Crippen LogP contribution in [0.15, 0.2) is 54.6 Å². The Morgan fingerprint density at radius 3 is 2.32 bits per heavy atom. The minimum absolute atomic E-state index is 0.00427. The van der Waals surface area contributed by atoms with Gasteiger partial charge in [0.2, 0.25) is 5.91 Å². The highest BCUT2D eigenvalue weighted by molar-refractivity contribution is 6.31. The quantitative estimate of drug-likeness (QED) is 0.782. The second kappa shape index (κ2) is 9.44. The Balaban J connectivity index is 1.98. The number of halogens is 1. The van der Waals surface area contributed by atoms with Crippen molar-refractivity contribution < 1.29 is 4.79 Å². The Kier molecular flexibility index (Phi) is 7.29. The van der Waals surface area contributed by atoms with Crippen LogP contribution in [-0.4, -0.2) is 44.5 Å². The van der Waals surface area contributed by atoms with Crippen LogP contribution in [0, 0.1) is 0 Å². The lowest BCUT2D eigenvalue weighted by Crippen LogP contribution is -2.41. The topological polar surface area (TPSA) is 35.6 Å². The maximum atomic E-state index is 12.4. The second-order valence-corrected chi connectivity index (χ2v) is 6.56. The van der Waals surface area contributed by atoms with E-state index in [4.69, 9.17) is 11.6 Å². The molecule has 0 radical (unpaired) electrons. The van der Waals surface area contributed by atoms with Crippen LogP contribution in [0.2, 0.25) is 5.02 Å².